The van der Waals surface area contributed by atoms with Gasteiger partial charge in [-0.3, -0.25) is 0 Å². The highest BCUT2D eigenvalue weighted by molar-refractivity contribution is 7.60. The molecule has 5 rings (SSSR count). The van der Waals surface area contributed by atoms with Gasteiger partial charge in [0.15, 0.2) is 7.59 Å². The number of allylic oxidation sites excluding steroid dienone is 2. The Labute approximate surface area is 299 Å². The van der Waals surface area contributed by atoms with Crippen LogP contribution in [0.15, 0.2) is 132 Å². The van der Waals surface area contributed by atoms with E-state index < -0.39 is 33.7 Å². The van der Waals surface area contributed by atoms with Gasteiger partial charge in [0.25, 0.3) is 7.83 Å². The zero-order chi connectivity index (χ0) is 35.1. The second-order valence-electron chi connectivity index (χ2n) is 14.9. The van der Waals surface area contributed by atoms with E-state index in [1.165, 1.54) is 31.4 Å². The van der Waals surface area contributed by atoms with Crippen LogP contribution in [0.2, 0.25) is 0 Å². The summed E-state index contributed by atoms with van der Waals surface area (Å²) in [5.41, 5.74) is 0.442. The van der Waals surface area contributed by atoms with Crippen LogP contribution in [-0.4, -0.2) is 39.9 Å². The normalized spacial score (nSPS) is 16.6. The monoisotopic (exact) mass is 688 g/mol. The SMILES string of the molecule is CCCC/C(B1OC(C)(C)C(C)(C)O1)=C(\CCCC)[Si](c1ccccc1)(c1ccccc1)[Si](OC(C)C)(c1ccccc1)c1ccccc1. The average molecular weight is 689 g/mol. The first-order valence-electron chi connectivity index (χ1n) is 18.5. The van der Waals surface area contributed by atoms with Gasteiger partial charge >= 0.3 is 7.12 Å². The van der Waals surface area contributed by atoms with Crippen LogP contribution in [0.3, 0.4) is 0 Å². The van der Waals surface area contributed by atoms with Crippen molar-refractivity contribution in [2.75, 3.05) is 0 Å². The second kappa shape index (κ2) is 15.9. The van der Waals surface area contributed by atoms with Crippen molar-refractivity contribution in [1.29, 1.82) is 0 Å². The summed E-state index contributed by atoms with van der Waals surface area (Å²) >= 11 is 0. The molecule has 1 aliphatic heterocycles. The lowest BCUT2D eigenvalue weighted by Gasteiger charge is -2.51. The molecule has 0 saturated carbocycles. The summed E-state index contributed by atoms with van der Waals surface area (Å²) in [6.45, 7) is 17.8. The van der Waals surface area contributed by atoms with Gasteiger partial charge in [-0.1, -0.05) is 166 Å². The fraction of sp³-hybridized carbons (Fsp3) is 0.395. The minimum Gasteiger partial charge on any atom is -0.407 e. The molecule has 0 aromatic heterocycles. The highest BCUT2D eigenvalue weighted by Crippen LogP contribution is 2.43. The number of hydrogen-bond donors (Lipinski definition) is 0. The maximum absolute atomic E-state index is 7.93. The van der Waals surface area contributed by atoms with Crippen LogP contribution in [-0.2, 0) is 13.7 Å². The summed E-state index contributed by atoms with van der Waals surface area (Å²) in [7, 11) is -6.85. The van der Waals surface area contributed by atoms with E-state index in [-0.39, 0.29) is 6.10 Å². The lowest BCUT2D eigenvalue weighted by atomic mass is 9.74. The van der Waals surface area contributed by atoms with Crippen LogP contribution in [0, 0.1) is 0 Å². The standard InChI is InChI=1S/C43H57BO3Si2/c1-9-11-33-40(44-46-42(5,6)43(7,8)47-44)41(34-12-10-2)48(36-25-17-13-18-26-36,37-27-19-14-20-28-37)49(45-35(3)4,38-29-21-15-22-30-38)39-31-23-16-24-32-39/h13-32,35H,9-12,33-34H2,1-8H3/b41-40-. The molecule has 4 aromatic rings. The van der Waals surface area contributed by atoms with Gasteiger partial charge in [-0.25, -0.2) is 0 Å². The molecule has 1 aliphatic rings. The zero-order valence-electron chi connectivity index (χ0n) is 31.2. The molecule has 1 fully saturated rings. The van der Waals surface area contributed by atoms with Gasteiger partial charge in [0, 0.05) is 6.10 Å². The second-order valence-corrected chi connectivity index (χ2v) is 25.2. The molecule has 4 aromatic carbocycles. The number of hydrogen-bond acceptors (Lipinski definition) is 3. The molecule has 0 unspecified atom stereocenters. The van der Waals surface area contributed by atoms with E-state index in [0.717, 1.165) is 38.5 Å². The summed E-state index contributed by atoms with van der Waals surface area (Å²) in [5.74, 6) is 0. The topological polar surface area (TPSA) is 27.7 Å². The van der Waals surface area contributed by atoms with Crippen molar-refractivity contribution >= 4 is 43.3 Å². The summed E-state index contributed by atoms with van der Waals surface area (Å²) in [5, 5.41) is 6.92. The van der Waals surface area contributed by atoms with Gasteiger partial charge in [-0.2, -0.15) is 0 Å². The maximum Gasteiger partial charge on any atom is 0.490 e. The molecule has 1 heterocycles. The van der Waals surface area contributed by atoms with Crippen molar-refractivity contribution in [3.8, 4) is 0 Å². The molecule has 0 N–H and O–H groups in total. The summed E-state index contributed by atoms with van der Waals surface area (Å²) in [4.78, 5) is 0. The van der Waals surface area contributed by atoms with E-state index in [1.54, 1.807) is 0 Å². The number of rotatable bonds is 15. The van der Waals surface area contributed by atoms with Crippen molar-refractivity contribution in [2.24, 2.45) is 0 Å². The van der Waals surface area contributed by atoms with Crippen molar-refractivity contribution in [3.63, 3.8) is 0 Å². The predicted molar refractivity (Wildman–Crippen MR) is 214 cm³/mol. The fourth-order valence-corrected chi connectivity index (χ4v) is 26.8. The molecule has 0 spiro atoms. The van der Waals surface area contributed by atoms with Crippen molar-refractivity contribution in [3.05, 3.63) is 132 Å². The van der Waals surface area contributed by atoms with E-state index in [0.29, 0.717) is 0 Å². The number of unbranched alkanes of at least 4 members (excludes halogenated alkanes) is 2. The quantitative estimate of drug-likeness (QED) is 0.118. The Hall–Kier alpha value is -3.00. The molecule has 0 bridgehead atoms. The minimum atomic E-state index is -3.24. The molecular weight excluding hydrogens is 631 g/mol. The molecule has 258 valence electrons. The molecule has 3 nitrogen and oxygen atoms in total. The van der Waals surface area contributed by atoms with Crippen LogP contribution >= 0.6 is 0 Å². The maximum atomic E-state index is 7.93. The van der Waals surface area contributed by atoms with Gasteiger partial charge in [0.05, 0.1) is 11.2 Å². The third-order valence-corrected chi connectivity index (χ3v) is 26.6. The fourth-order valence-electron chi connectivity index (χ4n) is 7.74. The number of benzene rings is 4. The van der Waals surface area contributed by atoms with E-state index >= 15 is 0 Å². The predicted octanol–water partition coefficient (Wildman–Crippen LogP) is 8.36. The van der Waals surface area contributed by atoms with Gasteiger partial charge < -0.3 is 13.7 Å². The third kappa shape index (κ3) is 7.13. The van der Waals surface area contributed by atoms with E-state index in [1.807, 2.05) is 0 Å². The van der Waals surface area contributed by atoms with Crippen molar-refractivity contribution < 1.29 is 13.7 Å². The van der Waals surface area contributed by atoms with Crippen LogP contribution < -0.4 is 20.7 Å². The Kier molecular flexibility index (Phi) is 12.1. The highest BCUT2D eigenvalue weighted by atomic mass is 29.3. The van der Waals surface area contributed by atoms with Crippen molar-refractivity contribution in [2.45, 2.75) is 111 Å². The van der Waals surface area contributed by atoms with Crippen LogP contribution in [0.4, 0.5) is 0 Å². The zero-order valence-corrected chi connectivity index (χ0v) is 33.2. The van der Waals surface area contributed by atoms with Gasteiger partial charge in [-0.05, 0) is 80.6 Å². The van der Waals surface area contributed by atoms with E-state index in [2.05, 4.69) is 177 Å². The molecule has 6 heteroatoms. The Morgan fingerprint density at radius 3 is 1.33 bits per heavy atom. The summed E-state index contributed by atoms with van der Waals surface area (Å²) in [6.07, 6.45) is 6.22. The Morgan fingerprint density at radius 1 is 0.592 bits per heavy atom. The minimum absolute atomic E-state index is 0.00487. The first-order valence-corrected chi connectivity index (χ1v) is 23.4. The molecule has 0 atom stereocenters. The van der Waals surface area contributed by atoms with Crippen LogP contribution in [0.5, 0.6) is 0 Å². The molecule has 0 radical (unpaired) electrons. The van der Waals surface area contributed by atoms with Crippen LogP contribution in [0.25, 0.3) is 0 Å². The van der Waals surface area contributed by atoms with E-state index in [4.69, 9.17) is 13.7 Å². The van der Waals surface area contributed by atoms with E-state index in [9.17, 15) is 0 Å². The van der Waals surface area contributed by atoms with Gasteiger partial charge in [-0.15, -0.1) is 0 Å². The first-order chi connectivity index (χ1) is 23.5. The lowest BCUT2D eigenvalue weighted by Crippen LogP contribution is -2.88. The van der Waals surface area contributed by atoms with Gasteiger partial charge in [0.2, 0.25) is 0 Å². The summed E-state index contributed by atoms with van der Waals surface area (Å²) < 4.78 is 22.1. The first kappa shape index (κ1) is 37.3. The molecule has 49 heavy (non-hydrogen) atoms. The van der Waals surface area contributed by atoms with Crippen LogP contribution in [0.1, 0.15) is 93.9 Å². The highest BCUT2D eigenvalue weighted by Gasteiger charge is 2.65. The Bertz CT molecular complexity index is 1550. The lowest BCUT2D eigenvalue weighted by molar-refractivity contribution is 0.00578. The van der Waals surface area contributed by atoms with Gasteiger partial charge in [0.1, 0.15) is 0 Å². The average Bonchev–Trinajstić information content (AvgIpc) is 3.33. The molecule has 1 saturated heterocycles. The Balaban J connectivity index is 2.09. The summed E-state index contributed by atoms with van der Waals surface area (Å²) in [6, 6.07) is 45.4. The van der Waals surface area contributed by atoms with Crippen molar-refractivity contribution in [1.82, 2.24) is 0 Å². The largest absolute Gasteiger partial charge is 0.490 e. The smallest absolute Gasteiger partial charge is 0.407 e. The molecular formula is C43H57BO3Si2. The third-order valence-electron chi connectivity index (χ3n) is 10.7. The molecule has 0 aliphatic carbocycles. The molecule has 0 amide bonds. The Morgan fingerprint density at radius 2 is 0.959 bits per heavy atom.